The Kier molecular flexibility index (Phi) is 17.3. The number of aliphatic carboxylic acids is 1. The van der Waals surface area contributed by atoms with Gasteiger partial charge in [-0.1, -0.05) is 112 Å². The van der Waals surface area contributed by atoms with E-state index in [0.29, 0.717) is 0 Å². The summed E-state index contributed by atoms with van der Waals surface area (Å²) in [5.74, 6) is -0.936. The second kappa shape index (κ2) is 19.0. The molecule has 0 fully saturated rings. The van der Waals surface area contributed by atoms with Crippen molar-refractivity contribution >= 4 is 5.97 Å². The third-order valence-corrected chi connectivity index (χ3v) is 3.35. The molecule has 0 unspecified atom stereocenters. The van der Waals surface area contributed by atoms with Crippen LogP contribution in [0.2, 0.25) is 0 Å². The first-order valence-electron chi connectivity index (χ1n) is 9.00. The average molecular weight is 328 g/mol. The minimum Gasteiger partial charge on any atom is -0.478 e. The van der Waals surface area contributed by atoms with Gasteiger partial charge in [-0.2, -0.15) is 0 Å². The maximum absolute atomic E-state index is 10.2. The van der Waals surface area contributed by atoms with Gasteiger partial charge in [0.05, 0.1) is 0 Å². The van der Waals surface area contributed by atoms with Crippen LogP contribution in [0.4, 0.5) is 0 Å². The van der Waals surface area contributed by atoms with Gasteiger partial charge in [-0.05, 0) is 12.8 Å². The van der Waals surface area contributed by atoms with Crippen LogP contribution < -0.4 is 0 Å². The van der Waals surface area contributed by atoms with Crippen LogP contribution in [-0.4, -0.2) is 11.1 Å². The summed E-state index contributed by atoms with van der Waals surface area (Å²) in [4.78, 5) is 10.2. The molecule has 0 aromatic carbocycles. The highest BCUT2D eigenvalue weighted by Crippen LogP contribution is 2.08. The maximum atomic E-state index is 10.2. The fourth-order valence-corrected chi connectivity index (χ4v) is 2.05. The van der Waals surface area contributed by atoms with Gasteiger partial charge in [-0.25, -0.2) is 4.79 Å². The lowest BCUT2D eigenvalue weighted by molar-refractivity contribution is -0.131. The third-order valence-electron chi connectivity index (χ3n) is 3.35. The van der Waals surface area contributed by atoms with Crippen molar-refractivity contribution in [2.75, 3.05) is 0 Å². The molecule has 0 aliphatic carbocycles. The Hall–Kier alpha value is -2.09. The van der Waals surface area contributed by atoms with Crippen LogP contribution in [-0.2, 0) is 4.79 Å². The molecule has 0 saturated carbocycles. The first-order valence-corrected chi connectivity index (χ1v) is 9.00. The molecular formula is C22H32O2. The standard InChI is InChI=1S/C22H32O2/c1-2-3-4-5-6-7-8-9-10-11-12-13-14-15-16-17-18-19-20-21-22(23)24/h10-21H,2-9H2,1H3,(H,23,24)/b11-10+,13-12+,15-14+,17-16+,19-18+,21-20-. The lowest BCUT2D eigenvalue weighted by Crippen LogP contribution is -1.84. The first-order chi connectivity index (χ1) is 11.8. The number of carboxylic acids is 1. The minimum atomic E-state index is -0.936. The molecule has 0 aromatic rings. The van der Waals surface area contributed by atoms with E-state index in [2.05, 4.69) is 19.1 Å². The monoisotopic (exact) mass is 328 g/mol. The van der Waals surface area contributed by atoms with Crippen molar-refractivity contribution in [3.8, 4) is 0 Å². The summed E-state index contributed by atoms with van der Waals surface area (Å²) in [5, 5.41) is 8.39. The molecular weight excluding hydrogens is 296 g/mol. The normalized spacial score (nSPS) is 13.0. The van der Waals surface area contributed by atoms with Crippen molar-refractivity contribution in [1.82, 2.24) is 0 Å². The minimum absolute atomic E-state index is 0.936. The van der Waals surface area contributed by atoms with E-state index in [0.717, 1.165) is 12.5 Å². The van der Waals surface area contributed by atoms with Gasteiger partial charge in [0.2, 0.25) is 0 Å². The van der Waals surface area contributed by atoms with E-state index in [1.165, 1.54) is 51.0 Å². The number of hydrogen-bond donors (Lipinski definition) is 1. The van der Waals surface area contributed by atoms with E-state index in [-0.39, 0.29) is 0 Å². The van der Waals surface area contributed by atoms with Gasteiger partial charge in [0.1, 0.15) is 0 Å². The fourth-order valence-electron chi connectivity index (χ4n) is 2.05. The molecule has 1 N–H and O–H groups in total. The van der Waals surface area contributed by atoms with E-state index in [1.54, 1.807) is 12.2 Å². The lowest BCUT2D eigenvalue weighted by atomic mass is 10.1. The molecule has 0 saturated heterocycles. The predicted molar refractivity (Wildman–Crippen MR) is 105 cm³/mol. The van der Waals surface area contributed by atoms with Crippen molar-refractivity contribution in [3.05, 3.63) is 72.9 Å². The molecule has 0 atom stereocenters. The Labute approximate surface area is 147 Å². The van der Waals surface area contributed by atoms with Gasteiger partial charge in [0.25, 0.3) is 0 Å². The molecule has 132 valence electrons. The zero-order valence-corrected chi connectivity index (χ0v) is 14.9. The van der Waals surface area contributed by atoms with Crippen LogP contribution in [0.25, 0.3) is 0 Å². The van der Waals surface area contributed by atoms with Crippen LogP contribution in [0.15, 0.2) is 72.9 Å². The smallest absolute Gasteiger partial charge is 0.328 e. The topological polar surface area (TPSA) is 37.3 Å². The van der Waals surface area contributed by atoms with Gasteiger partial charge in [-0.15, -0.1) is 0 Å². The summed E-state index contributed by atoms with van der Waals surface area (Å²) < 4.78 is 0. The summed E-state index contributed by atoms with van der Waals surface area (Å²) in [7, 11) is 0. The number of carboxylic acid groups (broad SMARTS) is 1. The van der Waals surface area contributed by atoms with Crippen LogP contribution in [0.3, 0.4) is 0 Å². The van der Waals surface area contributed by atoms with Crippen LogP contribution in [0.1, 0.15) is 58.3 Å². The van der Waals surface area contributed by atoms with E-state index in [1.807, 2.05) is 36.5 Å². The highest BCUT2D eigenvalue weighted by molar-refractivity contribution is 5.80. The molecule has 0 aliphatic rings. The molecule has 24 heavy (non-hydrogen) atoms. The average Bonchev–Trinajstić information content (AvgIpc) is 2.56. The van der Waals surface area contributed by atoms with Crippen molar-refractivity contribution in [1.29, 1.82) is 0 Å². The highest BCUT2D eigenvalue weighted by Gasteiger charge is 1.88. The van der Waals surface area contributed by atoms with Crippen LogP contribution in [0.5, 0.6) is 0 Å². The Bertz CT molecular complexity index is 462. The number of allylic oxidation sites excluding steroid dienone is 11. The Morgan fingerprint density at radius 3 is 1.67 bits per heavy atom. The Morgan fingerprint density at radius 2 is 1.12 bits per heavy atom. The second-order valence-corrected chi connectivity index (χ2v) is 5.58. The molecule has 0 heterocycles. The Morgan fingerprint density at radius 1 is 0.667 bits per heavy atom. The molecule has 0 rings (SSSR count). The molecule has 0 aromatic heterocycles. The largest absolute Gasteiger partial charge is 0.478 e. The van der Waals surface area contributed by atoms with Crippen molar-refractivity contribution in [3.63, 3.8) is 0 Å². The number of rotatable bonds is 14. The number of unbranched alkanes of at least 4 members (excludes halogenated alkanes) is 7. The quantitative estimate of drug-likeness (QED) is 0.223. The van der Waals surface area contributed by atoms with Crippen molar-refractivity contribution in [2.24, 2.45) is 0 Å². The summed E-state index contributed by atoms with van der Waals surface area (Å²) in [6.45, 7) is 2.25. The van der Waals surface area contributed by atoms with Gasteiger partial charge in [-0.3, -0.25) is 0 Å². The van der Waals surface area contributed by atoms with Gasteiger partial charge in [0.15, 0.2) is 0 Å². The van der Waals surface area contributed by atoms with Gasteiger partial charge in [0, 0.05) is 6.08 Å². The third kappa shape index (κ3) is 19.9. The van der Waals surface area contributed by atoms with Crippen LogP contribution in [0, 0.1) is 0 Å². The SMILES string of the molecule is CCCCCCCCC/C=C/C=C/C=C/C=C/C=C/C=C\C(=O)O. The fraction of sp³-hybridized carbons (Fsp3) is 0.409. The van der Waals surface area contributed by atoms with Gasteiger partial charge >= 0.3 is 5.97 Å². The lowest BCUT2D eigenvalue weighted by Gasteiger charge is -1.98. The molecule has 0 bridgehead atoms. The summed E-state index contributed by atoms with van der Waals surface area (Å²) in [6, 6.07) is 0. The van der Waals surface area contributed by atoms with E-state index in [4.69, 9.17) is 5.11 Å². The first kappa shape index (κ1) is 21.9. The van der Waals surface area contributed by atoms with Crippen molar-refractivity contribution in [2.45, 2.75) is 58.3 Å². The highest BCUT2D eigenvalue weighted by atomic mass is 16.4. The van der Waals surface area contributed by atoms with E-state index < -0.39 is 5.97 Å². The second-order valence-electron chi connectivity index (χ2n) is 5.58. The van der Waals surface area contributed by atoms with Crippen molar-refractivity contribution < 1.29 is 9.90 Å². The molecule has 0 aliphatic heterocycles. The summed E-state index contributed by atoms with van der Waals surface area (Å²) >= 11 is 0. The predicted octanol–water partition coefficient (Wildman–Crippen LogP) is 6.55. The summed E-state index contributed by atoms with van der Waals surface area (Å²) in [6.07, 6.45) is 32.7. The van der Waals surface area contributed by atoms with Crippen LogP contribution >= 0.6 is 0 Å². The zero-order valence-electron chi connectivity index (χ0n) is 14.9. The van der Waals surface area contributed by atoms with Gasteiger partial charge < -0.3 is 5.11 Å². The molecule has 2 nitrogen and oxygen atoms in total. The number of carbonyl (C=O) groups is 1. The molecule has 0 amide bonds. The molecule has 0 spiro atoms. The summed E-state index contributed by atoms with van der Waals surface area (Å²) in [5.41, 5.74) is 0. The molecule has 0 radical (unpaired) electrons. The molecule has 2 heteroatoms. The van der Waals surface area contributed by atoms with E-state index >= 15 is 0 Å². The maximum Gasteiger partial charge on any atom is 0.328 e. The Balaban J connectivity index is 3.57. The van der Waals surface area contributed by atoms with E-state index in [9.17, 15) is 4.79 Å². The zero-order chi connectivity index (χ0) is 17.7. The number of hydrogen-bond acceptors (Lipinski definition) is 1.